The maximum Gasteiger partial charge on any atom is 0.309 e. The fourth-order valence-corrected chi connectivity index (χ4v) is 2.16. The SMILES string of the molecule is CCc1ccc(N2CC(C(=O)O)CNCC2=O)cc1. The van der Waals surface area contributed by atoms with E-state index >= 15 is 0 Å². The van der Waals surface area contributed by atoms with Crippen LogP contribution in [-0.2, 0) is 16.0 Å². The standard InChI is InChI=1S/C14H18N2O3/c1-2-10-3-5-12(6-4-10)16-9-11(14(18)19)7-15-8-13(16)17/h3-6,11,15H,2,7-9H2,1H3,(H,18,19). The minimum absolute atomic E-state index is 0.0898. The minimum atomic E-state index is -0.877. The van der Waals surface area contributed by atoms with Crippen LogP contribution in [0.4, 0.5) is 5.69 Å². The molecule has 1 aromatic carbocycles. The van der Waals surface area contributed by atoms with Crippen LogP contribution in [-0.4, -0.2) is 36.6 Å². The summed E-state index contributed by atoms with van der Waals surface area (Å²) in [4.78, 5) is 24.7. The van der Waals surface area contributed by atoms with E-state index in [0.717, 1.165) is 12.1 Å². The van der Waals surface area contributed by atoms with Crippen molar-refractivity contribution in [1.29, 1.82) is 0 Å². The molecule has 1 aliphatic rings. The molecule has 5 nitrogen and oxygen atoms in total. The molecule has 19 heavy (non-hydrogen) atoms. The fraction of sp³-hybridized carbons (Fsp3) is 0.429. The van der Waals surface area contributed by atoms with Crippen molar-refractivity contribution in [3.63, 3.8) is 0 Å². The average molecular weight is 262 g/mol. The van der Waals surface area contributed by atoms with Crippen LogP contribution < -0.4 is 10.2 Å². The van der Waals surface area contributed by atoms with Crippen molar-refractivity contribution >= 4 is 17.6 Å². The smallest absolute Gasteiger partial charge is 0.309 e. The van der Waals surface area contributed by atoms with E-state index < -0.39 is 11.9 Å². The highest BCUT2D eigenvalue weighted by Crippen LogP contribution is 2.19. The number of carbonyl (C=O) groups excluding carboxylic acids is 1. The Kier molecular flexibility index (Phi) is 4.16. The van der Waals surface area contributed by atoms with Crippen LogP contribution in [0.1, 0.15) is 12.5 Å². The summed E-state index contributed by atoms with van der Waals surface area (Å²) >= 11 is 0. The van der Waals surface area contributed by atoms with Crippen molar-refractivity contribution in [2.24, 2.45) is 5.92 Å². The molecule has 1 fully saturated rings. The van der Waals surface area contributed by atoms with Gasteiger partial charge in [-0.2, -0.15) is 0 Å². The van der Waals surface area contributed by atoms with E-state index in [-0.39, 0.29) is 19.0 Å². The van der Waals surface area contributed by atoms with E-state index in [1.807, 2.05) is 24.3 Å². The van der Waals surface area contributed by atoms with Crippen LogP contribution >= 0.6 is 0 Å². The van der Waals surface area contributed by atoms with Crippen molar-refractivity contribution < 1.29 is 14.7 Å². The molecule has 2 rings (SSSR count). The highest BCUT2D eigenvalue weighted by atomic mass is 16.4. The zero-order chi connectivity index (χ0) is 13.8. The molecule has 1 atom stereocenters. The molecular formula is C14H18N2O3. The van der Waals surface area contributed by atoms with Gasteiger partial charge in [0.05, 0.1) is 12.5 Å². The third-order valence-corrected chi connectivity index (χ3v) is 3.38. The number of hydrogen-bond acceptors (Lipinski definition) is 3. The first-order chi connectivity index (χ1) is 9.11. The van der Waals surface area contributed by atoms with Crippen LogP contribution in [0.2, 0.25) is 0 Å². The summed E-state index contributed by atoms with van der Waals surface area (Å²) in [6, 6.07) is 7.69. The molecule has 5 heteroatoms. The quantitative estimate of drug-likeness (QED) is 0.848. The molecule has 1 aliphatic heterocycles. The Morgan fingerprint density at radius 2 is 2.11 bits per heavy atom. The largest absolute Gasteiger partial charge is 0.481 e. The van der Waals surface area contributed by atoms with E-state index in [4.69, 9.17) is 5.11 Å². The maximum absolute atomic E-state index is 12.0. The molecular weight excluding hydrogens is 244 g/mol. The van der Waals surface area contributed by atoms with Gasteiger partial charge in [-0.3, -0.25) is 9.59 Å². The molecule has 0 aliphatic carbocycles. The minimum Gasteiger partial charge on any atom is -0.481 e. The first-order valence-corrected chi connectivity index (χ1v) is 6.44. The summed E-state index contributed by atoms with van der Waals surface area (Å²) in [6.07, 6.45) is 0.938. The molecule has 0 spiro atoms. The summed E-state index contributed by atoms with van der Waals surface area (Å²) in [6.45, 7) is 2.78. The zero-order valence-electron chi connectivity index (χ0n) is 10.9. The van der Waals surface area contributed by atoms with Crippen molar-refractivity contribution in [3.8, 4) is 0 Å². The van der Waals surface area contributed by atoms with Crippen molar-refractivity contribution in [1.82, 2.24) is 5.32 Å². The first kappa shape index (κ1) is 13.5. The lowest BCUT2D eigenvalue weighted by Crippen LogP contribution is -2.37. The van der Waals surface area contributed by atoms with Gasteiger partial charge in [-0.05, 0) is 24.1 Å². The third kappa shape index (κ3) is 3.12. The van der Waals surface area contributed by atoms with Crippen LogP contribution in [0.15, 0.2) is 24.3 Å². The second kappa shape index (κ2) is 5.84. The number of hydrogen-bond donors (Lipinski definition) is 2. The Balaban J connectivity index is 2.22. The van der Waals surface area contributed by atoms with Gasteiger partial charge < -0.3 is 15.3 Å². The number of carboxylic acids is 1. The molecule has 0 radical (unpaired) electrons. The van der Waals surface area contributed by atoms with Crippen LogP contribution in [0.3, 0.4) is 0 Å². The van der Waals surface area contributed by atoms with Crippen molar-refractivity contribution in [3.05, 3.63) is 29.8 Å². The monoisotopic (exact) mass is 262 g/mol. The predicted octanol–water partition coefficient (Wildman–Crippen LogP) is 0.886. The lowest BCUT2D eigenvalue weighted by Gasteiger charge is -2.22. The number of nitrogens with one attached hydrogen (secondary N) is 1. The molecule has 1 unspecified atom stereocenters. The highest BCUT2D eigenvalue weighted by molar-refractivity contribution is 5.95. The Hall–Kier alpha value is -1.88. The number of benzene rings is 1. The van der Waals surface area contributed by atoms with Gasteiger partial charge in [0.25, 0.3) is 0 Å². The van der Waals surface area contributed by atoms with Gasteiger partial charge in [-0.15, -0.1) is 0 Å². The van der Waals surface area contributed by atoms with E-state index in [0.29, 0.717) is 6.54 Å². The first-order valence-electron chi connectivity index (χ1n) is 6.44. The zero-order valence-corrected chi connectivity index (χ0v) is 10.9. The van der Waals surface area contributed by atoms with Crippen molar-refractivity contribution in [2.45, 2.75) is 13.3 Å². The van der Waals surface area contributed by atoms with Gasteiger partial charge >= 0.3 is 5.97 Å². The summed E-state index contributed by atoms with van der Waals surface area (Å²) in [7, 11) is 0. The van der Waals surface area contributed by atoms with Gasteiger partial charge in [0.15, 0.2) is 0 Å². The normalized spacial score (nSPS) is 20.2. The van der Waals surface area contributed by atoms with Gasteiger partial charge in [0.1, 0.15) is 0 Å². The van der Waals surface area contributed by atoms with Gasteiger partial charge in [0, 0.05) is 18.8 Å². The number of amides is 1. The summed E-state index contributed by atoms with van der Waals surface area (Å²) in [5.41, 5.74) is 1.95. The summed E-state index contributed by atoms with van der Waals surface area (Å²) in [5, 5.41) is 12.0. The second-order valence-corrected chi connectivity index (χ2v) is 4.69. The molecule has 1 amide bonds. The lowest BCUT2D eigenvalue weighted by atomic mass is 10.1. The number of nitrogens with zero attached hydrogens (tertiary/aromatic N) is 1. The lowest BCUT2D eigenvalue weighted by molar-refractivity contribution is -0.141. The predicted molar refractivity (Wildman–Crippen MR) is 72.2 cm³/mol. The Labute approximate surface area is 112 Å². The van der Waals surface area contributed by atoms with E-state index in [1.54, 1.807) is 4.90 Å². The number of carboxylic acid groups (broad SMARTS) is 1. The molecule has 0 bridgehead atoms. The number of aryl methyl sites for hydroxylation is 1. The van der Waals surface area contributed by atoms with E-state index in [1.165, 1.54) is 5.56 Å². The second-order valence-electron chi connectivity index (χ2n) is 4.69. The molecule has 2 N–H and O–H groups in total. The van der Waals surface area contributed by atoms with Gasteiger partial charge in [-0.25, -0.2) is 0 Å². The van der Waals surface area contributed by atoms with E-state index in [2.05, 4.69) is 12.2 Å². The number of aliphatic carboxylic acids is 1. The molecule has 1 heterocycles. The fourth-order valence-electron chi connectivity index (χ4n) is 2.16. The van der Waals surface area contributed by atoms with E-state index in [9.17, 15) is 9.59 Å². The van der Waals surface area contributed by atoms with Crippen LogP contribution in [0.25, 0.3) is 0 Å². The number of rotatable bonds is 3. The molecule has 102 valence electrons. The van der Waals surface area contributed by atoms with Gasteiger partial charge in [-0.1, -0.05) is 19.1 Å². The average Bonchev–Trinajstić information content (AvgIpc) is 2.61. The topological polar surface area (TPSA) is 69.6 Å². The molecule has 0 saturated carbocycles. The Bertz CT molecular complexity index is 470. The van der Waals surface area contributed by atoms with Crippen molar-refractivity contribution in [2.75, 3.05) is 24.5 Å². The molecule has 1 aromatic rings. The molecule has 0 aromatic heterocycles. The number of anilines is 1. The highest BCUT2D eigenvalue weighted by Gasteiger charge is 2.28. The van der Waals surface area contributed by atoms with Crippen LogP contribution in [0.5, 0.6) is 0 Å². The summed E-state index contributed by atoms with van der Waals surface area (Å²) in [5.74, 6) is -1.54. The van der Waals surface area contributed by atoms with Gasteiger partial charge in [0.2, 0.25) is 5.91 Å². The Morgan fingerprint density at radius 1 is 1.42 bits per heavy atom. The number of carbonyl (C=O) groups is 2. The van der Waals surface area contributed by atoms with Crippen LogP contribution in [0, 0.1) is 5.92 Å². The third-order valence-electron chi connectivity index (χ3n) is 3.38. The maximum atomic E-state index is 12.0. The molecule has 1 saturated heterocycles. The Morgan fingerprint density at radius 3 is 2.68 bits per heavy atom. The summed E-state index contributed by atoms with van der Waals surface area (Å²) < 4.78 is 0.